The molecule has 4 aliphatic rings. The van der Waals surface area contributed by atoms with Gasteiger partial charge in [0.15, 0.2) is 12.1 Å². The van der Waals surface area contributed by atoms with Crippen molar-refractivity contribution < 1.29 is 32.3 Å². The van der Waals surface area contributed by atoms with Crippen molar-refractivity contribution in [1.29, 1.82) is 0 Å². The SMILES string of the molecule is C=C1c2ccccc2C(=O)c2c(O)c3c(c(C)c21)CC(C(=C)C)CC3.CC1OC(O)CC(N2CC2)C1OS(C)(=O)=O. The Morgan fingerprint density at radius 1 is 1.15 bits per heavy atom. The van der Waals surface area contributed by atoms with Crippen molar-refractivity contribution in [2.45, 2.75) is 71.0 Å². The van der Waals surface area contributed by atoms with Crippen LogP contribution in [0.5, 0.6) is 5.75 Å². The molecule has 5 unspecified atom stereocenters. The zero-order chi connectivity index (χ0) is 29.8. The standard InChI is InChI=1S/C23H22O2.C9H17NO5S/c1-12(2)15-9-10-18-19(11-15)14(4)20-13(3)16-7-5-6-8-17(16)22(24)21(20)23(18)25;1-6-9(15-16(2,12)13)7(10-3-4-10)5-8(11)14-6/h5-8,15,25H,1,3,9-11H2,2,4H3;6-9,11H,3-5H2,1-2H3. The first-order valence-electron chi connectivity index (χ1n) is 14.1. The molecule has 2 aromatic carbocycles. The summed E-state index contributed by atoms with van der Waals surface area (Å²) in [5, 5.41) is 20.4. The number of ketones is 1. The molecule has 2 N–H and O–H groups in total. The first kappa shape index (κ1) is 29.7. The highest BCUT2D eigenvalue weighted by atomic mass is 32.2. The molecule has 9 heteroatoms. The Morgan fingerprint density at radius 2 is 1.80 bits per heavy atom. The molecule has 2 fully saturated rings. The number of aromatic hydroxyl groups is 1. The number of benzene rings is 2. The van der Waals surface area contributed by atoms with E-state index in [1.807, 2.05) is 24.3 Å². The number of phenolic OH excluding ortho intramolecular Hbond substituents is 1. The van der Waals surface area contributed by atoms with Gasteiger partial charge in [-0.25, -0.2) is 0 Å². The van der Waals surface area contributed by atoms with Gasteiger partial charge < -0.3 is 14.9 Å². The number of phenols is 1. The van der Waals surface area contributed by atoms with Crippen LogP contribution in [0.15, 0.2) is 43.0 Å². The first-order valence-corrected chi connectivity index (χ1v) is 15.9. The fraction of sp³-hybridized carbons (Fsp3) is 0.469. The number of aliphatic hydroxyl groups excluding tert-OH is 1. The molecule has 0 radical (unpaired) electrons. The van der Waals surface area contributed by atoms with E-state index >= 15 is 0 Å². The maximum absolute atomic E-state index is 13.1. The summed E-state index contributed by atoms with van der Waals surface area (Å²) in [7, 11) is -3.50. The van der Waals surface area contributed by atoms with E-state index in [9.17, 15) is 23.4 Å². The normalized spacial score (nSPS) is 27.2. The lowest BCUT2D eigenvalue weighted by Crippen LogP contribution is -2.52. The summed E-state index contributed by atoms with van der Waals surface area (Å²) in [6, 6.07) is 7.46. The minimum absolute atomic E-state index is 0.0755. The summed E-state index contributed by atoms with van der Waals surface area (Å²) in [5.74, 6) is 0.503. The third kappa shape index (κ3) is 5.79. The van der Waals surface area contributed by atoms with Gasteiger partial charge in [-0.1, -0.05) is 43.0 Å². The molecule has 0 aromatic heterocycles. The number of aliphatic hydroxyl groups is 1. The second-order valence-electron chi connectivity index (χ2n) is 11.7. The van der Waals surface area contributed by atoms with Crippen molar-refractivity contribution in [2.75, 3.05) is 19.3 Å². The zero-order valence-corrected chi connectivity index (χ0v) is 25.0. The van der Waals surface area contributed by atoms with Crippen LogP contribution in [0.3, 0.4) is 0 Å². The molecule has 0 bridgehead atoms. The van der Waals surface area contributed by atoms with Crippen molar-refractivity contribution >= 4 is 21.5 Å². The predicted octanol–water partition coefficient (Wildman–Crippen LogP) is 4.13. The number of hydrogen-bond donors (Lipinski definition) is 2. The van der Waals surface area contributed by atoms with E-state index in [-0.39, 0.29) is 17.6 Å². The number of carbonyl (C=O) groups is 1. The van der Waals surface area contributed by atoms with Gasteiger partial charge in [-0.15, -0.1) is 0 Å². The number of fused-ring (bicyclic) bond motifs is 3. The Balaban J connectivity index is 0.000000182. The molecular weight excluding hydrogens is 542 g/mol. The van der Waals surface area contributed by atoms with E-state index in [0.717, 1.165) is 66.4 Å². The van der Waals surface area contributed by atoms with E-state index in [2.05, 4.69) is 31.9 Å². The second kappa shape index (κ2) is 11.1. The number of allylic oxidation sites excluding steroid dienone is 1. The number of ether oxygens (including phenoxy) is 1. The summed E-state index contributed by atoms with van der Waals surface area (Å²) >= 11 is 0. The van der Waals surface area contributed by atoms with E-state index < -0.39 is 28.6 Å². The van der Waals surface area contributed by atoms with Crippen molar-refractivity contribution in [3.05, 3.63) is 81.9 Å². The van der Waals surface area contributed by atoms with Gasteiger partial charge in [-0.05, 0) is 79.3 Å². The predicted molar refractivity (Wildman–Crippen MR) is 157 cm³/mol. The van der Waals surface area contributed by atoms with E-state index in [0.29, 0.717) is 23.5 Å². The van der Waals surface area contributed by atoms with Gasteiger partial charge in [0.1, 0.15) is 11.9 Å². The van der Waals surface area contributed by atoms with Crippen molar-refractivity contribution in [1.82, 2.24) is 4.90 Å². The van der Waals surface area contributed by atoms with Crippen LogP contribution in [0.1, 0.15) is 70.4 Å². The maximum atomic E-state index is 13.1. The topological polar surface area (TPSA) is 113 Å². The Labute approximate surface area is 242 Å². The summed E-state index contributed by atoms with van der Waals surface area (Å²) < 4.78 is 32.6. The Bertz CT molecular complexity index is 1520. The minimum Gasteiger partial charge on any atom is -0.507 e. The number of hydrogen-bond acceptors (Lipinski definition) is 8. The van der Waals surface area contributed by atoms with Crippen molar-refractivity contribution in [3.8, 4) is 5.75 Å². The van der Waals surface area contributed by atoms with Gasteiger partial charge in [-0.2, -0.15) is 8.42 Å². The quantitative estimate of drug-likeness (QED) is 0.269. The van der Waals surface area contributed by atoms with Gasteiger partial charge in [0.05, 0.1) is 17.9 Å². The van der Waals surface area contributed by atoms with Crippen molar-refractivity contribution in [3.63, 3.8) is 0 Å². The van der Waals surface area contributed by atoms with Crippen LogP contribution in [-0.2, 0) is 31.9 Å². The molecule has 220 valence electrons. The van der Waals surface area contributed by atoms with E-state index in [4.69, 9.17) is 8.92 Å². The number of carbonyl (C=O) groups excluding carboxylic acids is 1. The zero-order valence-electron chi connectivity index (χ0n) is 24.1. The lowest BCUT2D eigenvalue weighted by atomic mass is 9.72. The van der Waals surface area contributed by atoms with Crippen molar-refractivity contribution in [2.24, 2.45) is 5.92 Å². The van der Waals surface area contributed by atoms with Crippen LogP contribution < -0.4 is 0 Å². The minimum atomic E-state index is -3.50. The summed E-state index contributed by atoms with van der Waals surface area (Å²) in [6.07, 6.45) is 2.27. The molecule has 6 rings (SSSR count). The fourth-order valence-corrected chi connectivity index (χ4v) is 7.24. The Kier molecular flexibility index (Phi) is 8.04. The van der Waals surface area contributed by atoms with Crippen LogP contribution in [0, 0.1) is 12.8 Å². The van der Waals surface area contributed by atoms with Crippen LogP contribution >= 0.6 is 0 Å². The number of nitrogens with zero attached hydrogens (tertiary/aromatic N) is 1. The molecule has 8 nitrogen and oxygen atoms in total. The summed E-state index contributed by atoms with van der Waals surface area (Å²) in [6.45, 7) is 16.1. The number of rotatable bonds is 4. The van der Waals surface area contributed by atoms with Gasteiger partial charge in [0.25, 0.3) is 10.1 Å². The van der Waals surface area contributed by atoms with E-state index in [1.165, 1.54) is 11.1 Å². The van der Waals surface area contributed by atoms with Gasteiger partial charge in [-0.3, -0.25) is 13.9 Å². The average molecular weight is 582 g/mol. The summed E-state index contributed by atoms with van der Waals surface area (Å²) in [5.41, 5.74) is 7.97. The van der Waals surface area contributed by atoms with Gasteiger partial charge >= 0.3 is 0 Å². The molecule has 0 saturated carbocycles. The monoisotopic (exact) mass is 581 g/mol. The molecule has 2 heterocycles. The highest BCUT2D eigenvalue weighted by Gasteiger charge is 2.44. The molecule has 0 spiro atoms. The molecule has 2 aliphatic carbocycles. The molecule has 0 amide bonds. The Hall–Kier alpha value is -2.82. The molecule has 2 aromatic rings. The van der Waals surface area contributed by atoms with Crippen LogP contribution in [0.25, 0.3) is 5.57 Å². The molecule has 41 heavy (non-hydrogen) atoms. The van der Waals surface area contributed by atoms with E-state index in [1.54, 1.807) is 6.92 Å². The van der Waals surface area contributed by atoms with Crippen LogP contribution in [-0.4, -0.2) is 73.2 Å². The molecule has 5 atom stereocenters. The third-order valence-corrected chi connectivity index (χ3v) is 9.35. The fourth-order valence-electron chi connectivity index (χ4n) is 6.55. The molecular formula is C32H39NO7S. The lowest BCUT2D eigenvalue weighted by Gasteiger charge is -2.38. The molecule has 2 aliphatic heterocycles. The van der Waals surface area contributed by atoms with Crippen LogP contribution in [0.4, 0.5) is 0 Å². The highest BCUT2D eigenvalue weighted by molar-refractivity contribution is 7.86. The lowest BCUT2D eigenvalue weighted by molar-refractivity contribution is -0.202. The second-order valence-corrected chi connectivity index (χ2v) is 13.3. The van der Waals surface area contributed by atoms with Gasteiger partial charge in [0, 0.05) is 31.1 Å². The molecule has 2 saturated heterocycles. The average Bonchev–Trinajstić information content (AvgIpc) is 3.76. The maximum Gasteiger partial charge on any atom is 0.264 e. The largest absolute Gasteiger partial charge is 0.507 e. The first-order chi connectivity index (χ1) is 19.3. The smallest absolute Gasteiger partial charge is 0.264 e. The van der Waals surface area contributed by atoms with Crippen LogP contribution in [0.2, 0.25) is 0 Å². The highest BCUT2D eigenvalue weighted by Crippen LogP contribution is 2.46. The third-order valence-electron chi connectivity index (χ3n) is 8.77. The van der Waals surface area contributed by atoms with Gasteiger partial charge in [0.2, 0.25) is 0 Å². The summed E-state index contributed by atoms with van der Waals surface area (Å²) in [4.78, 5) is 15.2. The Morgan fingerprint density at radius 3 is 2.41 bits per heavy atom.